The van der Waals surface area contributed by atoms with Crippen LogP contribution in [0.5, 0.6) is 0 Å². The van der Waals surface area contributed by atoms with Crippen LogP contribution in [0.15, 0.2) is 50.3 Å². The maximum absolute atomic E-state index is 5.37. The van der Waals surface area contributed by atoms with Gasteiger partial charge in [0.1, 0.15) is 0 Å². The molecule has 6 heteroatoms. The molecule has 0 fully saturated rings. The molecule has 3 rings (SSSR count). The van der Waals surface area contributed by atoms with Gasteiger partial charge in [-0.2, -0.15) is 4.98 Å². The van der Waals surface area contributed by atoms with Crippen LogP contribution in [0.25, 0.3) is 11.6 Å². The van der Waals surface area contributed by atoms with Crippen LogP contribution < -0.4 is 0 Å². The molecule has 5 nitrogen and oxygen atoms in total. The average Bonchev–Trinajstić information content (AvgIpc) is 3.06. The molecule has 0 aliphatic heterocycles. The summed E-state index contributed by atoms with van der Waals surface area (Å²) in [5.41, 5.74) is 1.14. The highest BCUT2D eigenvalue weighted by atomic mass is 79.9. The molecule has 0 aromatic carbocycles. The van der Waals surface area contributed by atoms with E-state index < -0.39 is 0 Å². The number of aromatic nitrogens is 3. The van der Waals surface area contributed by atoms with Gasteiger partial charge in [0.05, 0.1) is 0 Å². The number of hydrogen-bond donors (Lipinski definition) is 0. The summed E-state index contributed by atoms with van der Waals surface area (Å²) in [6, 6.07) is 7.52. The second kappa shape index (κ2) is 5.36. The van der Waals surface area contributed by atoms with Crippen molar-refractivity contribution in [3.8, 4) is 11.6 Å². The van der Waals surface area contributed by atoms with Crippen LogP contribution >= 0.6 is 15.9 Å². The Hall–Kier alpha value is -1.95. The fourth-order valence-corrected chi connectivity index (χ4v) is 1.99. The van der Waals surface area contributed by atoms with Crippen LogP contribution in [0.4, 0.5) is 0 Å². The average molecular weight is 320 g/mol. The first kappa shape index (κ1) is 12.1. The first-order chi connectivity index (χ1) is 9.31. The molecule has 96 valence electrons. The molecule has 0 unspecified atom stereocenters. The predicted octanol–water partition coefficient (Wildman–Crippen LogP) is 3.27. The lowest BCUT2D eigenvalue weighted by molar-refractivity contribution is 0.377. The number of rotatable bonds is 4. The van der Waals surface area contributed by atoms with E-state index in [1.807, 2.05) is 18.3 Å². The molecule has 0 aliphatic rings. The smallest absolute Gasteiger partial charge is 0.238 e. The zero-order valence-corrected chi connectivity index (χ0v) is 11.5. The van der Waals surface area contributed by atoms with E-state index in [1.54, 1.807) is 18.3 Å². The van der Waals surface area contributed by atoms with Gasteiger partial charge in [0.2, 0.25) is 11.7 Å². The van der Waals surface area contributed by atoms with E-state index in [0.717, 1.165) is 12.0 Å². The molecule has 0 atom stereocenters. The zero-order valence-electron chi connectivity index (χ0n) is 9.91. The van der Waals surface area contributed by atoms with Crippen LogP contribution in [0, 0.1) is 0 Å². The van der Waals surface area contributed by atoms with Crippen molar-refractivity contribution in [2.24, 2.45) is 0 Å². The lowest BCUT2D eigenvalue weighted by Gasteiger charge is -1.95. The molecule has 0 aliphatic carbocycles. The molecule has 0 saturated carbocycles. The third kappa shape index (κ3) is 2.90. The first-order valence-electron chi connectivity index (χ1n) is 5.78. The van der Waals surface area contributed by atoms with Crippen molar-refractivity contribution in [3.63, 3.8) is 0 Å². The van der Waals surface area contributed by atoms with Gasteiger partial charge >= 0.3 is 0 Å². The summed E-state index contributed by atoms with van der Waals surface area (Å²) in [5, 5.41) is 3.90. The van der Waals surface area contributed by atoms with Crippen molar-refractivity contribution in [2.45, 2.75) is 12.8 Å². The minimum Gasteiger partial charge on any atom is -0.446 e. The van der Waals surface area contributed by atoms with Crippen LogP contribution in [0.1, 0.15) is 11.5 Å². The molecule has 0 N–H and O–H groups in total. The summed E-state index contributed by atoms with van der Waals surface area (Å²) in [7, 11) is 0. The number of halogens is 1. The maximum Gasteiger partial charge on any atom is 0.238 e. The lowest BCUT2D eigenvalue weighted by atomic mass is 10.1. The topological polar surface area (TPSA) is 65.0 Å². The van der Waals surface area contributed by atoms with Gasteiger partial charge in [0.25, 0.3) is 0 Å². The Kier molecular flexibility index (Phi) is 3.41. The molecule has 3 heterocycles. The number of hydrogen-bond acceptors (Lipinski definition) is 5. The van der Waals surface area contributed by atoms with E-state index in [1.165, 1.54) is 0 Å². The zero-order chi connectivity index (χ0) is 13.1. The van der Waals surface area contributed by atoms with Gasteiger partial charge in [-0.1, -0.05) is 11.2 Å². The summed E-state index contributed by atoms with van der Waals surface area (Å²) in [6.07, 6.45) is 5.09. The van der Waals surface area contributed by atoms with Crippen molar-refractivity contribution >= 4 is 15.9 Å². The summed E-state index contributed by atoms with van der Waals surface area (Å²) in [5.74, 6) is 1.64. The maximum atomic E-state index is 5.37. The second-order valence-corrected chi connectivity index (χ2v) is 4.76. The van der Waals surface area contributed by atoms with Crippen molar-refractivity contribution in [2.75, 3.05) is 0 Å². The number of nitrogens with zero attached hydrogens (tertiary/aromatic N) is 3. The van der Waals surface area contributed by atoms with Crippen LogP contribution in [-0.2, 0) is 12.8 Å². The second-order valence-electron chi connectivity index (χ2n) is 3.98. The SMILES string of the molecule is Brc1ccc(-c2noc(CCc3cccnc3)n2)o1. The Morgan fingerprint density at radius 1 is 1.16 bits per heavy atom. The predicted molar refractivity (Wildman–Crippen MR) is 71.3 cm³/mol. The van der Waals surface area contributed by atoms with E-state index >= 15 is 0 Å². The van der Waals surface area contributed by atoms with Gasteiger partial charge in [-0.3, -0.25) is 4.98 Å². The molecule has 0 saturated heterocycles. The van der Waals surface area contributed by atoms with Gasteiger partial charge in [-0.15, -0.1) is 0 Å². The molecular formula is C13H10BrN3O2. The first-order valence-corrected chi connectivity index (χ1v) is 6.58. The van der Waals surface area contributed by atoms with Gasteiger partial charge in [0.15, 0.2) is 10.4 Å². The van der Waals surface area contributed by atoms with Crippen molar-refractivity contribution < 1.29 is 8.94 Å². The summed E-state index contributed by atoms with van der Waals surface area (Å²) >= 11 is 3.24. The highest BCUT2D eigenvalue weighted by Gasteiger charge is 2.11. The van der Waals surface area contributed by atoms with Crippen LogP contribution in [0.3, 0.4) is 0 Å². The summed E-state index contributed by atoms with van der Waals surface area (Å²) in [6.45, 7) is 0. The van der Waals surface area contributed by atoms with E-state index in [4.69, 9.17) is 8.94 Å². The molecule has 3 aromatic heterocycles. The Morgan fingerprint density at radius 2 is 2.11 bits per heavy atom. The van der Waals surface area contributed by atoms with Gasteiger partial charge in [0, 0.05) is 18.8 Å². The fraction of sp³-hybridized carbons (Fsp3) is 0.154. The molecule has 0 bridgehead atoms. The van der Waals surface area contributed by atoms with Crippen molar-refractivity contribution in [1.82, 2.24) is 15.1 Å². The van der Waals surface area contributed by atoms with Gasteiger partial charge in [-0.25, -0.2) is 0 Å². The molecule has 0 amide bonds. The monoisotopic (exact) mass is 319 g/mol. The molecule has 3 aromatic rings. The quantitative estimate of drug-likeness (QED) is 0.738. The Labute approximate surface area is 117 Å². The minimum atomic E-state index is 0.465. The lowest BCUT2D eigenvalue weighted by Crippen LogP contribution is -1.92. The molecule has 0 radical (unpaired) electrons. The Morgan fingerprint density at radius 3 is 2.84 bits per heavy atom. The number of pyridine rings is 1. The summed E-state index contributed by atoms with van der Waals surface area (Å²) in [4.78, 5) is 8.36. The van der Waals surface area contributed by atoms with E-state index in [9.17, 15) is 0 Å². The summed E-state index contributed by atoms with van der Waals surface area (Å²) < 4.78 is 11.2. The largest absolute Gasteiger partial charge is 0.446 e. The normalized spacial score (nSPS) is 10.8. The van der Waals surface area contributed by atoms with E-state index in [-0.39, 0.29) is 0 Å². The van der Waals surface area contributed by atoms with Crippen LogP contribution in [-0.4, -0.2) is 15.1 Å². The Bertz CT molecular complexity index is 663. The van der Waals surface area contributed by atoms with E-state index in [2.05, 4.69) is 31.1 Å². The molecule has 19 heavy (non-hydrogen) atoms. The van der Waals surface area contributed by atoms with E-state index in [0.29, 0.717) is 28.6 Å². The van der Waals surface area contributed by atoms with Crippen molar-refractivity contribution in [3.05, 3.63) is 52.8 Å². The van der Waals surface area contributed by atoms with Gasteiger partial charge in [-0.05, 0) is 46.1 Å². The third-order valence-electron chi connectivity index (χ3n) is 2.61. The number of aryl methyl sites for hydroxylation is 2. The highest BCUT2D eigenvalue weighted by molar-refractivity contribution is 9.10. The molecule has 0 spiro atoms. The Balaban J connectivity index is 1.68. The molecular weight excluding hydrogens is 310 g/mol. The van der Waals surface area contributed by atoms with Crippen molar-refractivity contribution in [1.29, 1.82) is 0 Å². The minimum absolute atomic E-state index is 0.465. The highest BCUT2D eigenvalue weighted by Crippen LogP contribution is 2.22. The fourth-order valence-electron chi connectivity index (χ4n) is 1.69. The number of furan rings is 1. The van der Waals surface area contributed by atoms with Gasteiger partial charge < -0.3 is 8.94 Å². The third-order valence-corrected chi connectivity index (χ3v) is 3.04. The standard InChI is InChI=1S/C13H10BrN3O2/c14-11-5-4-10(18-11)13-16-12(19-17-13)6-3-9-2-1-7-15-8-9/h1-2,4-5,7-8H,3,6H2. The van der Waals surface area contributed by atoms with Crippen LogP contribution in [0.2, 0.25) is 0 Å².